The van der Waals surface area contributed by atoms with Crippen LogP contribution in [0.5, 0.6) is 0 Å². The second kappa shape index (κ2) is 8.73. The Kier molecular flexibility index (Phi) is 7.05. The molecule has 0 radical (unpaired) electrons. The second-order valence-corrected chi connectivity index (χ2v) is 13.0. The number of rotatable bonds is 5. The molecule has 0 aromatic rings. The predicted octanol–water partition coefficient (Wildman–Crippen LogP) is 5.62. The van der Waals surface area contributed by atoms with Gasteiger partial charge in [-0.15, -0.1) is 0 Å². The smallest absolute Gasteiger partial charge is 0.236 e. The monoisotopic (exact) mass is 422 g/mol. The lowest BCUT2D eigenvalue weighted by Gasteiger charge is -2.65. The summed E-state index contributed by atoms with van der Waals surface area (Å²) in [6, 6.07) is -0.206. The zero-order valence-electron chi connectivity index (χ0n) is 19.9. The van der Waals surface area contributed by atoms with Crippen molar-refractivity contribution in [3.63, 3.8) is 0 Å². The third-order valence-electron chi connectivity index (χ3n) is 9.42. The Hall–Kier alpha value is -0.220. The molecule has 3 rings (SSSR count). The van der Waals surface area contributed by atoms with Gasteiger partial charge in [0, 0.05) is 12.3 Å². The van der Waals surface area contributed by atoms with E-state index < -0.39 is 0 Å². The number of nitrogens with one attached hydrogen (secondary N) is 1. The fourth-order valence-electron chi connectivity index (χ4n) is 7.35. The van der Waals surface area contributed by atoms with Crippen LogP contribution in [0.25, 0.3) is 0 Å². The van der Waals surface area contributed by atoms with Gasteiger partial charge in [0.15, 0.2) is 0 Å². The molecule has 2 saturated carbocycles. The Morgan fingerprint density at radius 1 is 0.897 bits per heavy atom. The van der Waals surface area contributed by atoms with Crippen LogP contribution in [0.1, 0.15) is 92.9 Å². The fourth-order valence-corrected chi connectivity index (χ4v) is 9.36. The largest absolute Gasteiger partial charge is 0.368 e. The highest BCUT2D eigenvalue weighted by Gasteiger charge is 2.65. The SMILES string of the molecule is CC(C)C1CCC(C)(C2(C3(C)CCC(C(C)C)CC3)SCCNC2C(N)=O)CC1. The van der Waals surface area contributed by atoms with Gasteiger partial charge in [-0.1, -0.05) is 41.5 Å². The van der Waals surface area contributed by atoms with E-state index >= 15 is 0 Å². The number of carbonyl (C=O) groups is 1. The molecule has 4 heteroatoms. The van der Waals surface area contributed by atoms with Gasteiger partial charge in [0.1, 0.15) is 6.04 Å². The van der Waals surface area contributed by atoms with Crippen molar-refractivity contribution in [2.24, 2.45) is 40.2 Å². The molecule has 0 aromatic carbocycles. The van der Waals surface area contributed by atoms with Gasteiger partial charge < -0.3 is 11.1 Å². The van der Waals surface area contributed by atoms with Crippen molar-refractivity contribution in [3.05, 3.63) is 0 Å². The summed E-state index contributed by atoms with van der Waals surface area (Å²) in [6.07, 6.45) is 10.1. The Balaban J connectivity index is 1.98. The number of hydrogen-bond donors (Lipinski definition) is 2. The lowest BCUT2D eigenvalue weighted by molar-refractivity contribution is -0.126. The molecule has 2 aliphatic carbocycles. The number of thioether (sulfide) groups is 1. The van der Waals surface area contributed by atoms with Crippen LogP contribution in [0, 0.1) is 34.5 Å². The fraction of sp³-hybridized carbons (Fsp3) is 0.960. The molecule has 1 atom stereocenters. The summed E-state index contributed by atoms with van der Waals surface area (Å²) in [6.45, 7) is 15.4. The van der Waals surface area contributed by atoms with Crippen molar-refractivity contribution in [3.8, 4) is 0 Å². The van der Waals surface area contributed by atoms with Crippen molar-refractivity contribution in [1.29, 1.82) is 0 Å². The lowest BCUT2D eigenvalue weighted by Crippen LogP contribution is -2.72. The van der Waals surface area contributed by atoms with Gasteiger partial charge in [-0.25, -0.2) is 0 Å². The van der Waals surface area contributed by atoms with E-state index in [0.29, 0.717) is 0 Å². The van der Waals surface area contributed by atoms with Crippen molar-refractivity contribution in [2.45, 2.75) is 104 Å². The van der Waals surface area contributed by atoms with Crippen LogP contribution < -0.4 is 11.1 Å². The molecule has 168 valence electrons. The standard InChI is InChI=1S/C25H46N2OS/c1-17(2)19-7-11-23(5,12-8-19)25(21(22(26)28)27-15-16-29-25)24(6)13-9-20(10-14-24)18(3)4/h17-21,27H,7-16H2,1-6H3,(H2,26,28). The summed E-state index contributed by atoms with van der Waals surface area (Å²) >= 11 is 2.11. The van der Waals surface area contributed by atoms with Crippen molar-refractivity contribution >= 4 is 17.7 Å². The second-order valence-electron chi connectivity index (χ2n) is 11.7. The van der Waals surface area contributed by atoms with Gasteiger partial charge >= 0.3 is 0 Å². The number of nitrogens with two attached hydrogens (primary N) is 1. The average molecular weight is 423 g/mol. The predicted molar refractivity (Wildman–Crippen MR) is 126 cm³/mol. The van der Waals surface area contributed by atoms with Crippen LogP contribution in [0.4, 0.5) is 0 Å². The van der Waals surface area contributed by atoms with Crippen LogP contribution in [-0.4, -0.2) is 29.0 Å². The zero-order valence-corrected chi connectivity index (χ0v) is 20.7. The highest BCUT2D eigenvalue weighted by molar-refractivity contribution is 8.00. The van der Waals surface area contributed by atoms with Gasteiger partial charge in [-0.05, 0) is 85.9 Å². The van der Waals surface area contributed by atoms with Gasteiger partial charge in [-0.2, -0.15) is 11.8 Å². The molecule has 1 heterocycles. The zero-order chi connectivity index (χ0) is 21.4. The maximum absolute atomic E-state index is 12.8. The minimum absolute atomic E-state index is 0.0893. The quantitative estimate of drug-likeness (QED) is 0.604. The van der Waals surface area contributed by atoms with E-state index in [1.165, 1.54) is 51.4 Å². The Bertz CT molecular complexity index is 537. The molecule has 3 nitrogen and oxygen atoms in total. The molecule has 1 amide bonds. The highest BCUT2D eigenvalue weighted by atomic mass is 32.2. The van der Waals surface area contributed by atoms with Crippen molar-refractivity contribution in [2.75, 3.05) is 12.3 Å². The highest BCUT2D eigenvalue weighted by Crippen LogP contribution is 2.66. The molecule has 29 heavy (non-hydrogen) atoms. The number of primary amides is 1. The Morgan fingerprint density at radius 2 is 1.31 bits per heavy atom. The molecule has 0 bridgehead atoms. The topological polar surface area (TPSA) is 55.1 Å². The van der Waals surface area contributed by atoms with Crippen LogP contribution in [0.15, 0.2) is 0 Å². The summed E-state index contributed by atoms with van der Waals surface area (Å²) in [4.78, 5) is 12.8. The Labute approximate surface area is 184 Å². The lowest BCUT2D eigenvalue weighted by atomic mass is 9.49. The maximum atomic E-state index is 12.8. The molecule has 0 aromatic heterocycles. The van der Waals surface area contributed by atoms with E-state index in [0.717, 1.165) is 36.0 Å². The van der Waals surface area contributed by atoms with E-state index in [4.69, 9.17) is 5.73 Å². The van der Waals surface area contributed by atoms with E-state index in [1.807, 2.05) is 0 Å². The van der Waals surface area contributed by atoms with E-state index in [-0.39, 0.29) is 27.5 Å². The first-order chi connectivity index (χ1) is 13.6. The van der Waals surface area contributed by atoms with Gasteiger partial charge in [0.2, 0.25) is 5.91 Å². The third-order valence-corrected chi connectivity index (χ3v) is 11.5. The summed E-state index contributed by atoms with van der Waals surface area (Å²) in [5.74, 6) is 4.15. The van der Waals surface area contributed by atoms with Crippen LogP contribution >= 0.6 is 11.8 Å². The van der Waals surface area contributed by atoms with Crippen molar-refractivity contribution < 1.29 is 4.79 Å². The Morgan fingerprint density at radius 3 is 1.66 bits per heavy atom. The van der Waals surface area contributed by atoms with Gasteiger partial charge in [0.05, 0.1) is 4.75 Å². The molecule has 1 unspecified atom stereocenters. The van der Waals surface area contributed by atoms with E-state index in [2.05, 4.69) is 58.6 Å². The van der Waals surface area contributed by atoms with E-state index in [1.54, 1.807) is 0 Å². The molecular formula is C25H46N2OS. The molecule has 3 aliphatic rings. The molecule has 3 N–H and O–H groups in total. The van der Waals surface area contributed by atoms with E-state index in [9.17, 15) is 4.79 Å². The number of carbonyl (C=O) groups excluding carboxylic acids is 1. The summed E-state index contributed by atoms with van der Waals surface area (Å²) < 4.78 is -0.0893. The normalized spacial score (nSPS) is 44.2. The first-order valence-electron chi connectivity index (χ1n) is 12.2. The number of amides is 1. The maximum Gasteiger partial charge on any atom is 0.236 e. The van der Waals surface area contributed by atoms with Crippen molar-refractivity contribution in [1.82, 2.24) is 5.32 Å². The van der Waals surface area contributed by atoms with Crippen LogP contribution in [0.2, 0.25) is 0 Å². The first kappa shape index (κ1) is 23.4. The van der Waals surface area contributed by atoms with Gasteiger partial charge in [0.25, 0.3) is 0 Å². The minimum atomic E-state index is -0.206. The molecule has 1 saturated heterocycles. The summed E-state index contributed by atoms with van der Waals surface area (Å²) in [7, 11) is 0. The summed E-state index contributed by atoms with van der Waals surface area (Å²) in [5, 5.41) is 3.63. The summed E-state index contributed by atoms with van der Waals surface area (Å²) in [5.41, 5.74) is 6.43. The first-order valence-corrected chi connectivity index (χ1v) is 13.2. The van der Waals surface area contributed by atoms with Crippen LogP contribution in [0.3, 0.4) is 0 Å². The molecule has 3 fully saturated rings. The van der Waals surface area contributed by atoms with Crippen LogP contribution in [-0.2, 0) is 4.79 Å². The average Bonchev–Trinajstić information content (AvgIpc) is 2.68. The molecule has 0 spiro atoms. The third kappa shape index (κ3) is 4.02. The molecular weight excluding hydrogens is 376 g/mol. The minimum Gasteiger partial charge on any atom is -0.368 e. The number of hydrogen-bond acceptors (Lipinski definition) is 3. The molecule has 1 aliphatic heterocycles. The van der Waals surface area contributed by atoms with Gasteiger partial charge in [-0.3, -0.25) is 4.79 Å².